The maximum Gasteiger partial charge on any atom is 0.181 e. The highest BCUT2D eigenvalue weighted by atomic mass is 19.1. The Labute approximate surface area is 190 Å². The highest BCUT2D eigenvalue weighted by Gasteiger charge is 2.21. The van der Waals surface area contributed by atoms with Crippen molar-refractivity contribution in [1.82, 2.24) is 29.6 Å². The first-order chi connectivity index (χ1) is 16.0. The minimum absolute atomic E-state index is 0.322. The molecule has 166 valence electrons. The Balaban J connectivity index is 1.45. The summed E-state index contributed by atoms with van der Waals surface area (Å²) in [6.07, 6.45) is 2.70. The largest absolute Gasteiger partial charge is 0.369 e. The van der Waals surface area contributed by atoms with E-state index in [1.807, 2.05) is 13.1 Å². The molecule has 8 heteroatoms. The molecule has 2 aromatic heterocycles. The van der Waals surface area contributed by atoms with Crippen LogP contribution in [0.2, 0.25) is 0 Å². The maximum atomic E-state index is 13.5. The second-order valence-electron chi connectivity index (χ2n) is 8.06. The predicted octanol–water partition coefficient (Wildman–Crippen LogP) is 4.56. The number of fused-ring (bicyclic) bond motifs is 1. The molecule has 2 aromatic carbocycles. The number of allylic oxidation sites excluding steroid dienone is 1. The summed E-state index contributed by atoms with van der Waals surface area (Å²) in [5.74, 6) is 1.19. The summed E-state index contributed by atoms with van der Waals surface area (Å²) >= 11 is 0. The molecule has 1 aliphatic rings. The number of halogens is 2. The van der Waals surface area contributed by atoms with E-state index in [4.69, 9.17) is 0 Å². The summed E-state index contributed by atoms with van der Waals surface area (Å²) in [6.45, 7) is 8.07. The maximum absolute atomic E-state index is 13.5. The van der Waals surface area contributed by atoms with Crippen LogP contribution in [-0.4, -0.2) is 36.2 Å². The zero-order valence-corrected chi connectivity index (χ0v) is 18.2. The van der Waals surface area contributed by atoms with Gasteiger partial charge in [0.15, 0.2) is 11.6 Å². The molecule has 0 bridgehead atoms. The number of aromatic nitrogens is 5. The van der Waals surface area contributed by atoms with Crippen molar-refractivity contribution in [2.45, 2.75) is 26.4 Å². The summed E-state index contributed by atoms with van der Waals surface area (Å²) < 4.78 is 28.6. The van der Waals surface area contributed by atoms with Crippen LogP contribution in [-0.2, 0) is 19.5 Å². The van der Waals surface area contributed by atoms with Gasteiger partial charge < -0.3 is 4.90 Å². The molecule has 0 saturated heterocycles. The molecule has 4 aromatic rings. The standard InChI is InChI=1S/C25H22F2N6/c1-16(32-12-11-23-20(15-32)13-28-17(2)29-23)14-33-25(19-5-9-22(27)10-6-19)30-24(31-33)18-3-7-21(26)8-4-18/h3-10,13H,1,11-12,14-15H2,2H3. The first-order valence-electron chi connectivity index (χ1n) is 10.7. The van der Waals surface area contributed by atoms with Crippen LogP contribution >= 0.6 is 0 Å². The SMILES string of the molecule is C=C(Cn1nc(-c2ccc(F)cc2)nc1-c1ccc(F)cc1)N1CCc2nc(C)ncc2C1. The number of rotatable bonds is 5. The third-order valence-corrected chi connectivity index (χ3v) is 5.71. The van der Waals surface area contributed by atoms with Gasteiger partial charge in [-0.2, -0.15) is 5.10 Å². The quantitative estimate of drug-likeness (QED) is 0.452. The van der Waals surface area contributed by atoms with Crippen LogP contribution in [0.5, 0.6) is 0 Å². The third kappa shape index (κ3) is 4.37. The summed E-state index contributed by atoms with van der Waals surface area (Å²) in [5.41, 5.74) is 4.48. The van der Waals surface area contributed by atoms with E-state index in [9.17, 15) is 8.78 Å². The number of benzene rings is 2. The minimum Gasteiger partial charge on any atom is -0.369 e. The second kappa shape index (κ2) is 8.54. The monoisotopic (exact) mass is 444 g/mol. The average Bonchev–Trinajstić information content (AvgIpc) is 3.23. The fourth-order valence-electron chi connectivity index (χ4n) is 3.94. The van der Waals surface area contributed by atoms with Gasteiger partial charge in [0, 0.05) is 48.1 Å². The van der Waals surface area contributed by atoms with Gasteiger partial charge in [-0.3, -0.25) is 0 Å². The van der Waals surface area contributed by atoms with Crippen molar-refractivity contribution in [3.63, 3.8) is 0 Å². The molecule has 0 radical (unpaired) electrons. The highest BCUT2D eigenvalue weighted by molar-refractivity contribution is 5.61. The molecule has 0 spiro atoms. The fraction of sp³-hybridized carbons (Fsp3) is 0.200. The number of aryl methyl sites for hydroxylation is 1. The molecule has 3 heterocycles. The molecule has 33 heavy (non-hydrogen) atoms. The Morgan fingerprint density at radius 3 is 2.33 bits per heavy atom. The molecule has 0 aliphatic carbocycles. The van der Waals surface area contributed by atoms with Crippen molar-refractivity contribution in [3.05, 3.63) is 95.7 Å². The van der Waals surface area contributed by atoms with Crippen LogP contribution in [0.15, 0.2) is 67.0 Å². The van der Waals surface area contributed by atoms with Crippen molar-refractivity contribution in [2.75, 3.05) is 6.54 Å². The van der Waals surface area contributed by atoms with Gasteiger partial charge >= 0.3 is 0 Å². The van der Waals surface area contributed by atoms with E-state index >= 15 is 0 Å². The van der Waals surface area contributed by atoms with E-state index in [2.05, 4.69) is 31.5 Å². The van der Waals surface area contributed by atoms with Crippen LogP contribution in [0.3, 0.4) is 0 Å². The summed E-state index contributed by atoms with van der Waals surface area (Å²) in [7, 11) is 0. The van der Waals surface area contributed by atoms with Crippen LogP contribution < -0.4 is 0 Å². The van der Waals surface area contributed by atoms with Crippen molar-refractivity contribution >= 4 is 0 Å². The lowest BCUT2D eigenvalue weighted by Crippen LogP contribution is -2.32. The second-order valence-corrected chi connectivity index (χ2v) is 8.06. The topological polar surface area (TPSA) is 59.7 Å². The van der Waals surface area contributed by atoms with Crippen LogP contribution in [0.4, 0.5) is 8.78 Å². The molecule has 0 N–H and O–H groups in total. The van der Waals surface area contributed by atoms with Crippen LogP contribution in [0, 0.1) is 18.6 Å². The Morgan fingerprint density at radius 1 is 0.970 bits per heavy atom. The molecule has 0 amide bonds. The molecular weight excluding hydrogens is 422 g/mol. The molecular formula is C25H22F2N6. The number of hydrogen-bond acceptors (Lipinski definition) is 5. The Hall–Kier alpha value is -3.94. The Morgan fingerprint density at radius 2 is 1.64 bits per heavy atom. The van der Waals surface area contributed by atoms with E-state index in [0.29, 0.717) is 30.3 Å². The summed E-state index contributed by atoms with van der Waals surface area (Å²) in [5, 5.41) is 4.68. The molecule has 0 atom stereocenters. The van der Waals surface area contributed by atoms with E-state index in [1.165, 1.54) is 24.3 Å². The normalized spacial score (nSPS) is 13.1. The van der Waals surface area contributed by atoms with Gasteiger partial charge in [-0.25, -0.2) is 28.4 Å². The number of nitrogens with zero attached hydrogens (tertiary/aromatic N) is 6. The number of hydrogen-bond donors (Lipinski definition) is 0. The summed E-state index contributed by atoms with van der Waals surface area (Å²) in [4.78, 5) is 15.7. The van der Waals surface area contributed by atoms with Gasteiger partial charge in [0.1, 0.15) is 17.5 Å². The van der Waals surface area contributed by atoms with Crippen molar-refractivity contribution in [2.24, 2.45) is 0 Å². The average molecular weight is 444 g/mol. The van der Waals surface area contributed by atoms with E-state index in [1.54, 1.807) is 28.9 Å². The van der Waals surface area contributed by atoms with Gasteiger partial charge in [0.2, 0.25) is 0 Å². The van der Waals surface area contributed by atoms with Crippen molar-refractivity contribution in [1.29, 1.82) is 0 Å². The minimum atomic E-state index is -0.324. The molecule has 0 fully saturated rings. The zero-order chi connectivity index (χ0) is 22.9. The zero-order valence-electron chi connectivity index (χ0n) is 18.2. The molecule has 5 rings (SSSR count). The molecule has 6 nitrogen and oxygen atoms in total. The molecule has 0 unspecified atom stereocenters. The van der Waals surface area contributed by atoms with E-state index in [0.717, 1.165) is 41.3 Å². The van der Waals surface area contributed by atoms with Crippen LogP contribution in [0.25, 0.3) is 22.8 Å². The lowest BCUT2D eigenvalue weighted by atomic mass is 10.1. The lowest BCUT2D eigenvalue weighted by Gasteiger charge is -2.31. The molecule has 0 saturated carbocycles. The first kappa shape index (κ1) is 20.9. The Kier molecular flexibility index (Phi) is 5.42. The van der Waals surface area contributed by atoms with Gasteiger partial charge in [0.05, 0.1) is 12.2 Å². The highest BCUT2D eigenvalue weighted by Crippen LogP contribution is 2.26. The summed E-state index contributed by atoms with van der Waals surface area (Å²) in [6, 6.07) is 12.2. The van der Waals surface area contributed by atoms with Crippen molar-refractivity contribution < 1.29 is 8.78 Å². The van der Waals surface area contributed by atoms with Crippen molar-refractivity contribution in [3.8, 4) is 22.8 Å². The fourth-order valence-corrected chi connectivity index (χ4v) is 3.94. The van der Waals surface area contributed by atoms with Gasteiger partial charge in [-0.1, -0.05) is 6.58 Å². The van der Waals surface area contributed by atoms with Gasteiger partial charge in [-0.15, -0.1) is 0 Å². The first-order valence-corrected chi connectivity index (χ1v) is 10.7. The Bertz CT molecular complexity index is 1310. The predicted molar refractivity (Wildman–Crippen MR) is 121 cm³/mol. The van der Waals surface area contributed by atoms with Gasteiger partial charge in [0.25, 0.3) is 0 Å². The van der Waals surface area contributed by atoms with Gasteiger partial charge in [-0.05, 0) is 55.5 Å². The lowest BCUT2D eigenvalue weighted by molar-refractivity contribution is 0.300. The smallest absolute Gasteiger partial charge is 0.181 e. The van der Waals surface area contributed by atoms with Crippen LogP contribution in [0.1, 0.15) is 17.1 Å². The van der Waals surface area contributed by atoms with E-state index < -0.39 is 0 Å². The molecule has 1 aliphatic heterocycles. The van der Waals surface area contributed by atoms with E-state index in [-0.39, 0.29) is 11.6 Å². The third-order valence-electron chi connectivity index (χ3n) is 5.71.